The lowest BCUT2D eigenvalue weighted by molar-refractivity contribution is -0.140. The van der Waals surface area contributed by atoms with Gasteiger partial charge in [0.25, 0.3) is 5.91 Å². The zero-order valence-corrected chi connectivity index (χ0v) is 18.6. The normalized spacial score (nSPS) is 13.6. The van der Waals surface area contributed by atoms with Crippen LogP contribution < -0.4 is 14.2 Å². The molecule has 2 amide bonds. The van der Waals surface area contributed by atoms with Gasteiger partial charge in [0, 0.05) is 37.6 Å². The highest BCUT2D eigenvalue weighted by molar-refractivity contribution is 6.30. The van der Waals surface area contributed by atoms with Crippen LogP contribution >= 0.6 is 11.6 Å². The second-order valence-corrected chi connectivity index (χ2v) is 7.63. The van der Waals surface area contributed by atoms with E-state index in [-0.39, 0.29) is 18.4 Å². The second kappa shape index (κ2) is 10.9. The fourth-order valence-electron chi connectivity index (χ4n) is 3.42. The molecule has 1 saturated heterocycles. The highest BCUT2D eigenvalue weighted by Gasteiger charge is 2.24. The van der Waals surface area contributed by atoms with Gasteiger partial charge in [-0.1, -0.05) is 17.7 Å². The lowest BCUT2D eigenvalue weighted by atomic mass is 10.1. The topological polar surface area (TPSA) is 68.3 Å². The summed E-state index contributed by atoms with van der Waals surface area (Å²) in [6.07, 6.45) is 1.02. The number of amides is 2. The first-order valence-corrected chi connectivity index (χ1v) is 10.5. The number of methoxy groups -OCH3 is 2. The van der Waals surface area contributed by atoms with Crippen LogP contribution in [0.2, 0.25) is 5.02 Å². The predicted octanol–water partition coefficient (Wildman–Crippen LogP) is 3.04. The Morgan fingerprint density at radius 2 is 1.48 bits per heavy atom. The van der Waals surface area contributed by atoms with Crippen molar-refractivity contribution in [3.63, 3.8) is 0 Å². The van der Waals surface area contributed by atoms with Crippen molar-refractivity contribution in [3.8, 4) is 17.2 Å². The van der Waals surface area contributed by atoms with Gasteiger partial charge in [-0.25, -0.2) is 0 Å². The maximum Gasteiger partial charge on any atom is 0.260 e. The van der Waals surface area contributed by atoms with E-state index < -0.39 is 0 Å². The monoisotopic (exact) mass is 446 g/mol. The summed E-state index contributed by atoms with van der Waals surface area (Å²) in [5, 5.41) is 0.616. The summed E-state index contributed by atoms with van der Waals surface area (Å²) >= 11 is 5.84. The molecule has 0 radical (unpaired) electrons. The largest absolute Gasteiger partial charge is 0.493 e. The predicted molar refractivity (Wildman–Crippen MR) is 118 cm³/mol. The molecule has 1 aliphatic rings. The molecule has 31 heavy (non-hydrogen) atoms. The molecule has 0 atom stereocenters. The van der Waals surface area contributed by atoms with E-state index in [1.807, 2.05) is 23.1 Å². The van der Waals surface area contributed by atoms with E-state index in [2.05, 4.69) is 0 Å². The second-order valence-electron chi connectivity index (χ2n) is 7.19. The van der Waals surface area contributed by atoms with Crippen LogP contribution in [0.1, 0.15) is 12.0 Å². The molecule has 1 aliphatic heterocycles. The number of hydrogen-bond donors (Lipinski definition) is 0. The Balaban J connectivity index is 1.42. The van der Waals surface area contributed by atoms with Crippen molar-refractivity contribution in [2.45, 2.75) is 12.8 Å². The van der Waals surface area contributed by atoms with Gasteiger partial charge < -0.3 is 24.0 Å². The van der Waals surface area contributed by atoms with Crippen LogP contribution in [0.5, 0.6) is 17.2 Å². The summed E-state index contributed by atoms with van der Waals surface area (Å²) in [5.41, 5.74) is 1.01. The Labute approximate surface area is 187 Å². The number of nitrogens with zero attached hydrogens (tertiary/aromatic N) is 2. The molecular weight excluding hydrogens is 420 g/mol. The van der Waals surface area contributed by atoms with E-state index in [0.717, 1.165) is 5.56 Å². The maximum absolute atomic E-state index is 12.6. The van der Waals surface area contributed by atoms with Crippen molar-refractivity contribution in [3.05, 3.63) is 53.1 Å². The van der Waals surface area contributed by atoms with Gasteiger partial charge in [0.15, 0.2) is 18.1 Å². The average molecular weight is 447 g/mol. The zero-order chi connectivity index (χ0) is 22.2. The van der Waals surface area contributed by atoms with E-state index in [4.69, 9.17) is 25.8 Å². The van der Waals surface area contributed by atoms with Gasteiger partial charge in [0.1, 0.15) is 5.75 Å². The standard InChI is InChI=1S/C23H27ClN2O5/c1-29-20-9-3-17(15-21(20)30-2)4-10-22(27)25-11-13-26(14-12-25)23(28)16-31-19-7-5-18(24)6-8-19/h3,5-9,15H,4,10-14,16H2,1-2H3. The molecule has 0 bridgehead atoms. The molecule has 0 unspecified atom stereocenters. The van der Waals surface area contributed by atoms with Crippen molar-refractivity contribution in [2.24, 2.45) is 0 Å². The molecule has 2 aromatic carbocycles. The first-order valence-electron chi connectivity index (χ1n) is 10.1. The number of piperazine rings is 1. The summed E-state index contributed by atoms with van der Waals surface area (Å²) in [4.78, 5) is 28.5. The quantitative estimate of drug-likeness (QED) is 0.623. The summed E-state index contributed by atoms with van der Waals surface area (Å²) in [6, 6.07) is 12.6. The third kappa shape index (κ3) is 6.28. The Kier molecular flexibility index (Phi) is 8.00. The van der Waals surface area contributed by atoms with Crippen LogP contribution in [-0.4, -0.2) is 68.6 Å². The first-order chi connectivity index (χ1) is 15.0. The molecule has 2 aromatic rings. The van der Waals surface area contributed by atoms with Gasteiger partial charge in [-0.15, -0.1) is 0 Å². The van der Waals surface area contributed by atoms with Crippen LogP contribution in [-0.2, 0) is 16.0 Å². The summed E-state index contributed by atoms with van der Waals surface area (Å²) in [6.45, 7) is 2.03. The number of halogens is 1. The fraction of sp³-hybridized carbons (Fsp3) is 0.391. The van der Waals surface area contributed by atoms with E-state index in [1.165, 1.54) is 0 Å². The Bertz CT molecular complexity index is 895. The summed E-state index contributed by atoms with van der Waals surface area (Å²) in [7, 11) is 3.18. The minimum Gasteiger partial charge on any atom is -0.493 e. The SMILES string of the molecule is COc1ccc(CCC(=O)N2CCN(C(=O)COc3ccc(Cl)cc3)CC2)cc1OC. The van der Waals surface area contributed by atoms with E-state index in [9.17, 15) is 9.59 Å². The number of hydrogen-bond acceptors (Lipinski definition) is 5. The Morgan fingerprint density at radius 3 is 2.10 bits per heavy atom. The molecule has 0 spiro atoms. The van der Waals surface area contributed by atoms with E-state index in [1.54, 1.807) is 43.4 Å². The number of carbonyl (C=O) groups is 2. The number of benzene rings is 2. The first kappa shape index (κ1) is 22.7. The van der Waals surface area contributed by atoms with Crippen LogP contribution in [0.15, 0.2) is 42.5 Å². The average Bonchev–Trinajstić information content (AvgIpc) is 2.81. The minimum atomic E-state index is -0.0904. The minimum absolute atomic E-state index is 0.0329. The molecule has 0 aliphatic carbocycles. The molecule has 0 aromatic heterocycles. The van der Waals surface area contributed by atoms with Crippen LogP contribution in [0.25, 0.3) is 0 Å². The van der Waals surface area contributed by atoms with Gasteiger partial charge in [-0.2, -0.15) is 0 Å². The van der Waals surface area contributed by atoms with Crippen molar-refractivity contribution in [1.82, 2.24) is 9.80 Å². The highest BCUT2D eigenvalue weighted by atomic mass is 35.5. The molecule has 7 nitrogen and oxygen atoms in total. The molecule has 8 heteroatoms. The number of ether oxygens (including phenoxy) is 3. The van der Waals surface area contributed by atoms with Crippen molar-refractivity contribution in [2.75, 3.05) is 47.0 Å². The summed E-state index contributed by atoms with van der Waals surface area (Å²) < 4.78 is 16.1. The molecule has 166 valence electrons. The zero-order valence-electron chi connectivity index (χ0n) is 17.8. The number of rotatable bonds is 8. The van der Waals surface area contributed by atoms with Gasteiger partial charge in [-0.3, -0.25) is 9.59 Å². The number of aryl methyl sites for hydroxylation is 1. The van der Waals surface area contributed by atoms with Crippen LogP contribution in [0.3, 0.4) is 0 Å². The molecule has 0 N–H and O–H groups in total. The van der Waals surface area contributed by atoms with E-state index in [0.29, 0.717) is 61.3 Å². The van der Waals surface area contributed by atoms with Crippen LogP contribution in [0, 0.1) is 0 Å². The third-order valence-electron chi connectivity index (χ3n) is 5.24. The number of carbonyl (C=O) groups excluding carboxylic acids is 2. The Hall–Kier alpha value is -2.93. The molecule has 3 rings (SSSR count). The maximum atomic E-state index is 12.6. The fourth-order valence-corrected chi connectivity index (χ4v) is 3.54. The van der Waals surface area contributed by atoms with Gasteiger partial charge in [0.2, 0.25) is 5.91 Å². The van der Waals surface area contributed by atoms with Gasteiger partial charge in [0.05, 0.1) is 14.2 Å². The van der Waals surface area contributed by atoms with Crippen molar-refractivity contribution >= 4 is 23.4 Å². The molecular formula is C23H27ClN2O5. The van der Waals surface area contributed by atoms with E-state index >= 15 is 0 Å². The van der Waals surface area contributed by atoms with Gasteiger partial charge in [-0.05, 0) is 48.4 Å². The van der Waals surface area contributed by atoms with Crippen LogP contribution in [0.4, 0.5) is 0 Å². The summed E-state index contributed by atoms with van der Waals surface area (Å²) in [5.74, 6) is 1.91. The lowest BCUT2D eigenvalue weighted by Crippen LogP contribution is -2.51. The van der Waals surface area contributed by atoms with Gasteiger partial charge >= 0.3 is 0 Å². The Morgan fingerprint density at radius 1 is 0.871 bits per heavy atom. The molecule has 1 heterocycles. The molecule has 0 saturated carbocycles. The lowest BCUT2D eigenvalue weighted by Gasteiger charge is -2.34. The van der Waals surface area contributed by atoms with Crippen molar-refractivity contribution < 1.29 is 23.8 Å². The van der Waals surface area contributed by atoms with Crippen molar-refractivity contribution in [1.29, 1.82) is 0 Å². The third-order valence-corrected chi connectivity index (χ3v) is 5.49. The highest BCUT2D eigenvalue weighted by Crippen LogP contribution is 2.28. The molecule has 1 fully saturated rings. The smallest absolute Gasteiger partial charge is 0.260 e.